The molecule has 154 valence electrons. The van der Waals surface area contributed by atoms with Crippen LogP contribution in [0, 0.1) is 0 Å². The number of nitrogens with one attached hydrogen (secondary N) is 1. The van der Waals surface area contributed by atoms with Crippen molar-refractivity contribution in [3.8, 4) is 0 Å². The highest BCUT2D eigenvalue weighted by Crippen LogP contribution is 2.26. The van der Waals surface area contributed by atoms with Gasteiger partial charge in [0, 0.05) is 28.9 Å². The number of para-hydroxylation sites is 1. The molecular weight excluding hydrogens is 394 g/mol. The highest BCUT2D eigenvalue weighted by Gasteiger charge is 2.26. The third kappa shape index (κ3) is 5.70. The van der Waals surface area contributed by atoms with Crippen LogP contribution in [0.3, 0.4) is 0 Å². The molecule has 2 amide bonds. The average Bonchev–Trinajstić information content (AvgIpc) is 2.78. The van der Waals surface area contributed by atoms with Gasteiger partial charge in [-0.25, -0.2) is 4.98 Å². The lowest BCUT2D eigenvalue weighted by atomic mass is 10.1. The molecule has 5 nitrogen and oxygen atoms in total. The van der Waals surface area contributed by atoms with Gasteiger partial charge in [-0.2, -0.15) is 0 Å². The summed E-state index contributed by atoms with van der Waals surface area (Å²) in [6, 6.07) is 21.9. The molecule has 0 fully saturated rings. The van der Waals surface area contributed by atoms with Crippen LogP contribution >= 0.6 is 11.8 Å². The maximum Gasteiger partial charge on any atom is 0.254 e. The average molecular weight is 420 g/mol. The van der Waals surface area contributed by atoms with Crippen molar-refractivity contribution in [2.45, 2.75) is 36.2 Å². The Balaban J connectivity index is 1.70. The maximum atomic E-state index is 13.1. The molecule has 1 aromatic heterocycles. The van der Waals surface area contributed by atoms with Crippen molar-refractivity contribution >= 4 is 29.3 Å². The van der Waals surface area contributed by atoms with E-state index < -0.39 is 6.04 Å². The SMILES string of the molecule is CCCN(C(=O)c1ccc(Sc2ccccn2)cc1)C(C)C(=O)Nc1ccccc1. The van der Waals surface area contributed by atoms with Crippen LogP contribution in [0.5, 0.6) is 0 Å². The Hall–Kier alpha value is -3.12. The number of nitrogens with zero attached hydrogens (tertiary/aromatic N) is 2. The zero-order chi connectivity index (χ0) is 21.3. The standard InChI is InChI=1S/C24H25N3O2S/c1-3-17-27(18(2)23(28)26-20-9-5-4-6-10-20)24(29)19-12-14-21(15-13-19)30-22-11-7-8-16-25-22/h4-16,18H,3,17H2,1-2H3,(H,26,28). The van der Waals surface area contributed by atoms with Crippen molar-refractivity contribution < 1.29 is 9.59 Å². The number of hydrogen-bond donors (Lipinski definition) is 1. The number of carbonyl (C=O) groups is 2. The maximum absolute atomic E-state index is 13.1. The van der Waals surface area contributed by atoms with Crippen LogP contribution in [0.25, 0.3) is 0 Å². The molecule has 2 aromatic carbocycles. The Kier molecular flexibility index (Phi) is 7.63. The van der Waals surface area contributed by atoms with Gasteiger partial charge in [0.05, 0.1) is 0 Å². The van der Waals surface area contributed by atoms with Gasteiger partial charge in [0.1, 0.15) is 11.1 Å². The molecule has 1 heterocycles. The van der Waals surface area contributed by atoms with Crippen LogP contribution in [-0.4, -0.2) is 34.3 Å². The summed E-state index contributed by atoms with van der Waals surface area (Å²) < 4.78 is 0. The Morgan fingerprint density at radius 1 is 1.00 bits per heavy atom. The molecule has 0 spiro atoms. The molecule has 0 aliphatic carbocycles. The van der Waals surface area contributed by atoms with Crippen molar-refractivity contribution in [3.05, 3.63) is 84.6 Å². The lowest BCUT2D eigenvalue weighted by Gasteiger charge is -2.28. The lowest BCUT2D eigenvalue weighted by molar-refractivity contribution is -0.120. The minimum atomic E-state index is -0.583. The molecule has 0 aliphatic heterocycles. The zero-order valence-corrected chi connectivity index (χ0v) is 17.9. The molecule has 6 heteroatoms. The first-order chi connectivity index (χ1) is 14.6. The normalized spacial score (nSPS) is 11.5. The van der Waals surface area contributed by atoms with Crippen molar-refractivity contribution in [1.29, 1.82) is 0 Å². The van der Waals surface area contributed by atoms with E-state index in [0.29, 0.717) is 17.8 Å². The third-order valence-electron chi connectivity index (χ3n) is 4.58. The van der Waals surface area contributed by atoms with Gasteiger partial charge in [0.15, 0.2) is 0 Å². The number of aromatic nitrogens is 1. The quantitative estimate of drug-likeness (QED) is 0.551. The fourth-order valence-electron chi connectivity index (χ4n) is 2.98. The summed E-state index contributed by atoms with van der Waals surface area (Å²) >= 11 is 1.54. The van der Waals surface area contributed by atoms with Crippen molar-refractivity contribution in [2.24, 2.45) is 0 Å². The van der Waals surface area contributed by atoms with Gasteiger partial charge in [-0.15, -0.1) is 0 Å². The second kappa shape index (κ2) is 10.6. The molecule has 1 unspecified atom stereocenters. The summed E-state index contributed by atoms with van der Waals surface area (Å²) in [6.45, 7) is 4.26. The fraction of sp³-hybridized carbons (Fsp3) is 0.208. The molecule has 0 saturated heterocycles. The fourth-order valence-corrected chi connectivity index (χ4v) is 3.76. The predicted molar refractivity (Wildman–Crippen MR) is 121 cm³/mol. The minimum absolute atomic E-state index is 0.151. The molecule has 3 aromatic rings. The predicted octanol–water partition coefficient (Wildman–Crippen LogP) is 5.11. The molecule has 0 bridgehead atoms. The largest absolute Gasteiger partial charge is 0.327 e. The van der Waals surface area contributed by atoms with E-state index in [-0.39, 0.29) is 11.8 Å². The summed E-state index contributed by atoms with van der Waals surface area (Å²) in [5, 5.41) is 3.78. The van der Waals surface area contributed by atoms with Crippen molar-refractivity contribution in [2.75, 3.05) is 11.9 Å². The Morgan fingerprint density at radius 3 is 2.33 bits per heavy atom. The Labute approximate surface area is 181 Å². The number of pyridine rings is 1. The molecule has 1 atom stereocenters. The molecule has 0 radical (unpaired) electrons. The summed E-state index contributed by atoms with van der Waals surface area (Å²) in [7, 11) is 0. The first kappa shape index (κ1) is 21.6. The number of anilines is 1. The van der Waals surface area contributed by atoms with Crippen LogP contribution < -0.4 is 5.32 Å². The van der Waals surface area contributed by atoms with Crippen LogP contribution in [0.2, 0.25) is 0 Å². The first-order valence-electron chi connectivity index (χ1n) is 9.94. The number of benzene rings is 2. The number of hydrogen-bond acceptors (Lipinski definition) is 4. The first-order valence-corrected chi connectivity index (χ1v) is 10.8. The molecule has 0 saturated carbocycles. The van der Waals surface area contributed by atoms with Gasteiger partial charge < -0.3 is 10.2 Å². The van der Waals surface area contributed by atoms with Crippen LogP contribution in [0.4, 0.5) is 5.69 Å². The number of carbonyl (C=O) groups excluding carboxylic acids is 2. The van der Waals surface area contributed by atoms with Crippen LogP contribution in [-0.2, 0) is 4.79 Å². The summed E-state index contributed by atoms with van der Waals surface area (Å²) in [6.07, 6.45) is 2.52. The lowest BCUT2D eigenvalue weighted by Crippen LogP contribution is -2.46. The van der Waals surface area contributed by atoms with Crippen molar-refractivity contribution in [3.63, 3.8) is 0 Å². The number of amides is 2. The highest BCUT2D eigenvalue weighted by atomic mass is 32.2. The topological polar surface area (TPSA) is 62.3 Å². The molecule has 1 N–H and O–H groups in total. The minimum Gasteiger partial charge on any atom is -0.327 e. The monoisotopic (exact) mass is 419 g/mol. The highest BCUT2D eigenvalue weighted by molar-refractivity contribution is 7.99. The van der Waals surface area contributed by atoms with Gasteiger partial charge in [-0.1, -0.05) is 43.0 Å². The van der Waals surface area contributed by atoms with Crippen LogP contribution in [0.1, 0.15) is 30.6 Å². The summed E-state index contributed by atoms with van der Waals surface area (Å²) in [5.41, 5.74) is 1.28. The molecular formula is C24H25N3O2S. The molecule has 3 rings (SSSR count). The van der Waals surface area contributed by atoms with Gasteiger partial charge >= 0.3 is 0 Å². The van der Waals surface area contributed by atoms with E-state index >= 15 is 0 Å². The van der Waals surface area contributed by atoms with E-state index in [1.54, 1.807) is 30.2 Å². The van der Waals surface area contributed by atoms with Gasteiger partial charge in [0.25, 0.3) is 5.91 Å². The van der Waals surface area contributed by atoms with Crippen molar-refractivity contribution in [1.82, 2.24) is 9.88 Å². The van der Waals surface area contributed by atoms with E-state index in [0.717, 1.165) is 16.3 Å². The van der Waals surface area contributed by atoms with E-state index in [9.17, 15) is 9.59 Å². The molecule has 30 heavy (non-hydrogen) atoms. The van der Waals surface area contributed by atoms with E-state index in [2.05, 4.69) is 10.3 Å². The molecule has 0 aliphatic rings. The summed E-state index contributed by atoms with van der Waals surface area (Å²) in [4.78, 5) is 32.8. The second-order valence-corrected chi connectivity index (χ2v) is 7.92. The van der Waals surface area contributed by atoms with Gasteiger partial charge in [-0.05, 0) is 61.9 Å². The number of rotatable bonds is 8. The van der Waals surface area contributed by atoms with Crippen LogP contribution in [0.15, 0.2) is 88.9 Å². The summed E-state index contributed by atoms with van der Waals surface area (Å²) in [5.74, 6) is -0.354. The van der Waals surface area contributed by atoms with E-state index in [4.69, 9.17) is 0 Å². The Bertz CT molecular complexity index is 963. The van der Waals surface area contributed by atoms with Gasteiger partial charge in [-0.3, -0.25) is 9.59 Å². The van der Waals surface area contributed by atoms with E-state index in [1.807, 2.05) is 67.6 Å². The third-order valence-corrected chi connectivity index (χ3v) is 5.53. The van der Waals surface area contributed by atoms with E-state index in [1.165, 1.54) is 11.8 Å². The Morgan fingerprint density at radius 2 is 1.70 bits per heavy atom. The second-order valence-electron chi connectivity index (χ2n) is 6.82. The smallest absolute Gasteiger partial charge is 0.254 e. The zero-order valence-electron chi connectivity index (χ0n) is 17.1. The van der Waals surface area contributed by atoms with Gasteiger partial charge in [0.2, 0.25) is 5.91 Å².